The summed E-state index contributed by atoms with van der Waals surface area (Å²) in [5.74, 6) is 0.400. The van der Waals surface area contributed by atoms with E-state index in [1.165, 1.54) is 23.9 Å². The van der Waals surface area contributed by atoms with E-state index in [4.69, 9.17) is 4.74 Å². The van der Waals surface area contributed by atoms with Crippen molar-refractivity contribution in [3.05, 3.63) is 65.5 Å². The van der Waals surface area contributed by atoms with Gasteiger partial charge in [0.2, 0.25) is 5.91 Å². The number of halogens is 1. The Labute approximate surface area is 155 Å². The summed E-state index contributed by atoms with van der Waals surface area (Å²) in [6.45, 7) is 1.79. The Morgan fingerprint density at radius 2 is 1.88 bits per heavy atom. The van der Waals surface area contributed by atoms with E-state index in [0.29, 0.717) is 17.3 Å². The molecular weight excluding hydrogens is 353 g/mol. The maximum atomic E-state index is 13.0. The zero-order valence-electron chi connectivity index (χ0n) is 14.4. The monoisotopic (exact) mass is 371 g/mol. The van der Waals surface area contributed by atoms with Crippen LogP contribution in [0, 0.1) is 5.82 Å². The maximum Gasteiger partial charge on any atom is 0.239 e. The van der Waals surface area contributed by atoms with Crippen LogP contribution in [0.4, 0.5) is 4.39 Å². The van der Waals surface area contributed by atoms with E-state index in [1.807, 2.05) is 24.3 Å². The number of amidine groups is 1. The fourth-order valence-electron chi connectivity index (χ4n) is 2.43. The highest BCUT2D eigenvalue weighted by Crippen LogP contribution is 2.24. The van der Waals surface area contributed by atoms with Gasteiger partial charge in [0.25, 0.3) is 0 Å². The Morgan fingerprint density at radius 3 is 2.54 bits per heavy atom. The van der Waals surface area contributed by atoms with Crippen LogP contribution in [0.2, 0.25) is 0 Å². The maximum absolute atomic E-state index is 13.0. The zero-order valence-corrected chi connectivity index (χ0v) is 15.2. The predicted octanol–water partition coefficient (Wildman–Crippen LogP) is 3.39. The molecule has 0 aromatic heterocycles. The van der Waals surface area contributed by atoms with Crippen molar-refractivity contribution in [2.45, 2.75) is 18.6 Å². The van der Waals surface area contributed by atoms with Crippen molar-refractivity contribution in [3.63, 3.8) is 0 Å². The number of ether oxygens (including phenoxy) is 1. The molecule has 1 aliphatic rings. The Kier molecular flexibility index (Phi) is 5.68. The van der Waals surface area contributed by atoms with Gasteiger partial charge in [-0.25, -0.2) is 4.39 Å². The second-order valence-corrected chi connectivity index (χ2v) is 6.94. The molecule has 0 bridgehead atoms. The summed E-state index contributed by atoms with van der Waals surface area (Å²) in [7, 11) is 1.62. The van der Waals surface area contributed by atoms with E-state index in [9.17, 15) is 9.18 Å². The van der Waals surface area contributed by atoms with Crippen LogP contribution in [0.15, 0.2) is 58.7 Å². The number of nitrogens with zero attached hydrogens (tertiary/aromatic N) is 2. The zero-order chi connectivity index (χ0) is 18.5. The number of hydrogen-bond acceptors (Lipinski definition) is 5. The Morgan fingerprint density at radius 1 is 1.19 bits per heavy atom. The van der Waals surface area contributed by atoms with Crippen molar-refractivity contribution in [1.82, 2.24) is 5.32 Å². The number of methoxy groups -OCH3 is 1. The molecule has 2 aromatic rings. The van der Waals surface area contributed by atoms with Gasteiger partial charge in [0, 0.05) is 0 Å². The van der Waals surface area contributed by atoms with Gasteiger partial charge in [-0.05, 0) is 48.7 Å². The van der Waals surface area contributed by atoms with Gasteiger partial charge in [-0.15, -0.1) is 5.10 Å². The molecule has 3 rings (SSSR count). The minimum absolute atomic E-state index is 0.0841. The molecule has 134 valence electrons. The van der Waals surface area contributed by atoms with Gasteiger partial charge < -0.3 is 10.1 Å². The molecule has 1 unspecified atom stereocenters. The fraction of sp³-hybridized carbons (Fsp3) is 0.211. The smallest absolute Gasteiger partial charge is 0.239 e. The molecule has 0 aliphatic carbocycles. The Bertz CT molecular complexity index is 848. The number of carbonyl (C=O) groups is 1. The molecule has 0 saturated carbocycles. The summed E-state index contributed by atoms with van der Waals surface area (Å²) in [4.78, 5) is 12.1. The Hall–Kier alpha value is -2.67. The first-order chi connectivity index (χ1) is 12.5. The normalized spacial score (nSPS) is 18.9. The lowest BCUT2D eigenvalue weighted by Crippen LogP contribution is -2.25. The van der Waals surface area contributed by atoms with Crippen molar-refractivity contribution in [2.24, 2.45) is 10.2 Å². The van der Waals surface area contributed by atoms with Crippen molar-refractivity contribution in [1.29, 1.82) is 0 Å². The van der Waals surface area contributed by atoms with Crippen molar-refractivity contribution in [3.8, 4) is 5.75 Å². The topological polar surface area (TPSA) is 63.1 Å². The van der Waals surface area contributed by atoms with Gasteiger partial charge >= 0.3 is 0 Å². The average Bonchev–Trinajstić information content (AvgIpc) is 3.00. The highest BCUT2D eigenvalue weighted by molar-refractivity contribution is 8.15. The number of nitrogens with one attached hydrogen (secondary N) is 1. The van der Waals surface area contributed by atoms with E-state index in [2.05, 4.69) is 15.5 Å². The van der Waals surface area contributed by atoms with Crippen LogP contribution >= 0.6 is 11.8 Å². The molecule has 1 N–H and O–H groups in total. The van der Waals surface area contributed by atoms with E-state index < -0.39 is 0 Å². The van der Waals surface area contributed by atoms with Gasteiger partial charge in [0.1, 0.15) is 11.6 Å². The van der Waals surface area contributed by atoms with Crippen molar-refractivity contribution < 1.29 is 13.9 Å². The lowest BCUT2D eigenvalue weighted by Gasteiger charge is -2.06. The summed E-state index contributed by atoms with van der Waals surface area (Å²) in [6, 6.07) is 13.7. The third kappa shape index (κ3) is 4.49. The first-order valence-electron chi connectivity index (χ1n) is 8.04. The minimum atomic E-state index is -0.298. The largest absolute Gasteiger partial charge is 0.497 e. The summed E-state index contributed by atoms with van der Waals surface area (Å²) in [5.41, 5.74) is 2.47. The number of amides is 1. The molecular formula is C19H18FN3O2S. The third-order valence-corrected chi connectivity index (χ3v) is 4.98. The second-order valence-electron chi connectivity index (χ2n) is 5.75. The first-order valence-corrected chi connectivity index (χ1v) is 8.92. The molecule has 1 heterocycles. The quantitative estimate of drug-likeness (QED) is 0.647. The minimum Gasteiger partial charge on any atom is -0.497 e. The molecule has 1 saturated heterocycles. The van der Waals surface area contributed by atoms with E-state index in [1.54, 1.807) is 26.2 Å². The van der Waals surface area contributed by atoms with Gasteiger partial charge in [-0.2, -0.15) is 5.10 Å². The molecule has 0 spiro atoms. The summed E-state index contributed by atoms with van der Waals surface area (Å²) >= 11 is 1.35. The SMILES string of the molecule is COc1ccc(CC2S/C(=N/N=C(\C)c3ccc(F)cc3)NC2=O)cc1. The van der Waals surface area contributed by atoms with Crippen LogP contribution in [0.25, 0.3) is 0 Å². The summed E-state index contributed by atoms with van der Waals surface area (Å²) in [6.07, 6.45) is 0.597. The summed E-state index contributed by atoms with van der Waals surface area (Å²) in [5, 5.41) is 11.2. The second kappa shape index (κ2) is 8.14. The molecule has 1 amide bonds. The van der Waals surface area contributed by atoms with Gasteiger partial charge in [-0.1, -0.05) is 36.0 Å². The third-order valence-electron chi connectivity index (χ3n) is 3.91. The molecule has 1 atom stereocenters. The van der Waals surface area contributed by atoms with Crippen LogP contribution in [0.3, 0.4) is 0 Å². The predicted molar refractivity (Wildman–Crippen MR) is 102 cm³/mol. The van der Waals surface area contributed by atoms with Gasteiger partial charge in [0.15, 0.2) is 5.17 Å². The summed E-state index contributed by atoms with van der Waals surface area (Å²) < 4.78 is 18.1. The lowest BCUT2D eigenvalue weighted by molar-refractivity contribution is -0.118. The molecule has 5 nitrogen and oxygen atoms in total. The molecule has 1 fully saturated rings. The number of carbonyl (C=O) groups excluding carboxylic acids is 1. The molecule has 1 aliphatic heterocycles. The number of benzene rings is 2. The van der Waals surface area contributed by atoms with Crippen LogP contribution in [0.1, 0.15) is 18.1 Å². The highest BCUT2D eigenvalue weighted by atomic mass is 32.2. The highest BCUT2D eigenvalue weighted by Gasteiger charge is 2.30. The number of hydrogen-bond donors (Lipinski definition) is 1. The van der Waals surface area contributed by atoms with E-state index >= 15 is 0 Å². The van der Waals surface area contributed by atoms with Gasteiger partial charge in [-0.3, -0.25) is 4.79 Å². The standard InChI is InChI=1S/C19H18FN3O2S/c1-12(14-5-7-15(20)8-6-14)22-23-19-21-18(24)17(26-19)11-13-3-9-16(25-2)10-4-13/h3-10,17H,11H2,1-2H3,(H,21,23,24)/b22-12+. The lowest BCUT2D eigenvalue weighted by atomic mass is 10.1. The fourth-order valence-corrected chi connectivity index (χ4v) is 3.39. The van der Waals surface area contributed by atoms with Crippen molar-refractivity contribution >= 4 is 28.5 Å². The van der Waals surface area contributed by atoms with Crippen LogP contribution in [-0.4, -0.2) is 29.1 Å². The van der Waals surface area contributed by atoms with E-state index in [-0.39, 0.29) is 17.0 Å². The molecule has 26 heavy (non-hydrogen) atoms. The van der Waals surface area contributed by atoms with Crippen LogP contribution in [0.5, 0.6) is 5.75 Å². The van der Waals surface area contributed by atoms with Crippen LogP contribution < -0.4 is 10.1 Å². The van der Waals surface area contributed by atoms with Crippen LogP contribution in [-0.2, 0) is 11.2 Å². The average molecular weight is 371 g/mol. The first kappa shape index (κ1) is 18.1. The molecule has 2 aromatic carbocycles. The van der Waals surface area contributed by atoms with E-state index in [0.717, 1.165) is 16.9 Å². The molecule has 0 radical (unpaired) electrons. The number of rotatable bonds is 5. The number of thioether (sulfide) groups is 1. The van der Waals surface area contributed by atoms with Crippen molar-refractivity contribution in [2.75, 3.05) is 7.11 Å². The molecule has 7 heteroatoms. The Balaban J connectivity index is 1.65. The van der Waals surface area contributed by atoms with Gasteiger partial charge in [0.05, 0.1) is 18.1 Å².